The summed E-state index contributed by atoms with van der Waals surface area (Å²) in [5.74, 6) is -0.369. The summed E-state index contributed by atoms with van der Waals surface area (Å²) in [6, 6.07) is 9.32. The lowest BCUT2D eigenvalue weighted by Gasteiger charge is -2.43. The summed E-state index contributed by atoms with van der Waals surface area (Å²) in [6.45, 7) is 2.64. The van der Waals surface area contributed by atoms with Crippen LogP contribution in [0.5, 0.6) is 0 Å². The second-order valence-corrected chi connectivity index (χ2v) is 9.20. The number of benzene rings is 2. The third-order valence-electron chi connectivity index (χ3n) is 6.90. The van der Waals surface area contributed by atoms with Crippen LogP contribution in [0.3, 0.4) is 0 Å². The van der Waals surface area contributed by atoms with E-state index in [2.05, 4.69) is 15.5 Å². The summed E-state index contributed by atoms with van der Waals surface area (Å²) in [5.41, 5.74) is -0.505. The van der Waals surface area contributed by atoms with E-state index in [1.165, 1.54) is 21.9 Å². The molecule has 5 rings (SSSR count). The molecule has 0 bridgehead atoms. The van der Waals surface area contributed by atoms with Crippen molar-refractivity contribution in [3.63, 3.8) is 0 Å². The van der Waals surface area contributed by atoms with Crippen LogP contribution in [0.4, 0.5) is 23.2 Å². The fourth-order valence-electron chi connectivity index (χ4n) is 4.83. The molecule has 0 spiro atoms. The van der Waals surface area contributed by atoms with Gasteiger partial charge >= 0.3 is 6.18 Å². The van der Waals surface area contributed by atoms with E-state index in [0.717, 1.165) is 6.07 Å². The van der Waals surface area contributed by atoms with Gasteiger partial charge in [-0.05, 0) is 47.5 Å². The Kier molecular flexibility index (Phi) is 6.08. The molecule has 7 nitrogen and oxygen atoms in total. The van der Waals surface area contributed by atoms with Crippen LogP contribution in [-0.4, -0.2) is 40.4 Å². The number of amides is 1. The lowest BCUT2D eigenvalue weighted by atomic mass is 9.74. The van der Waals surface area contributed by atoms with E-state index < -0.39 is 29.2 Å². The molecule has 1 amide bonds. The first-order chi connectivity index (χ1) is 17.2. The number of carbonyl (C=O) groups is 1. The molecule has 3 aromatic rings. The second kappa shape index (κ2) is 8.97. The molecule has 11 heteroatoms. The molecule has 0 radical (unpaired) electrons. The fraction of sp³-hybridized carbons (Fsp3) is 0.400. The number of nitrogens with one attached hydrogen (secondary N) is 1. The molecule has 1 fully saturated rings. The molecule has 0 unspecified atom stereocenters. The summed E-state index contributed by atoms with van der Waals surface area (Å²) >= 11 is 0. The largest absolute Gasteiger partial charge is 0.416 e. The number of alkyl halides is 4. The monoisotopic (exact) mass is 503 g/mol. The standard InChI is InChI=1S/C25H25F4N5O2/c1-3-30-10-15-7-18-19(20(8-15)25(27,28)29)11-34(23(18)35)17-6-4-5-16(9-17)24(12-36-13-24)21(26)22-32-31-14-33(22)2/h4-9,14,21,30H,3,10-13H2,1-2H3/t21-/m0/s1. The molecule has 1 N–H and O–H groups in total. The lowest BCUT2D eigenvalue weighted by Crippen LogP contribution is -2.50. The van der Waals surface area contributed by atoms with E-state index in [-0.39, 0.29) is 43.3 Å². The average Bonchev–Trinajstić information content (AvgIpc) is 3.39. The summed E-state index contributed by atoms with van der Waals surface area (Å²) < 4.78 is 64.3. The number of aryl methyl sites for hydroxylation is 1. The molecule has 3 heterocycles. The summed E-state index contributed by atoms with van der Waals surface area (Å²) in [7, 11) is 1.65. The van der Waals surface area contributed by atoms with Gasteiger partial charge in [-0.2, -0.15) is 13.2 Å². The van der Waals surface area contributed by atoms with Crippen LogP contribution in [0.25, 0.3) is 0 Å². The predicted octanol–water partition coefficient (Wildman–Crippen LogP) is 4.08. The summed E-state index contributed by atoms with van der Waals surface area (Å²) in [4.78, 5) is 14.6. The van der Waals surface area contributed by atoms with Gasteiger partial charge in [0.15, 0.2) is 12.0 Å². The zero-order valence-corrected chi connectivity index (χ0v) is 19.8. The fourth-order valence-corrected chi connectivity index (χ4v) is 4.83. The number of hydrogen-bond donors (Lipinski definition) is 1. The maximum absolute atomic E-state index is 15.7. The maximum Gasteiger partial charge on any atom is 0.416 e. The molecule has 190 valence electrons. The zero-order chi connectivity index (χ0) is 25.7. The van der Waals surface area contributed by atoms with Gasteiger partial charge in [0.25, 0.3) is 5.91 Å². The van der Waals surface area contributed by atoms with Crippen LogP contribution in [0, 0.1) is 0 Å². The van der Waals surface area contributed by atoms with Crippen molar-refractivity contribution >= 4 is 11.6 Å². The van der Waals surface area contributed by atoms with E-state index in [9.17, 15) is 18.0 Å². The highest BCUT2D eigenvalue weighted by Crippen LogP contribution is 2.46. The number of hydrogen-bond acceptors (Lipinski definition) is 5. The van der Waals surface area contributed by atoms with Crippen LogP contribution in [-0.2, 0) is 36.5 Å². The molecule has 36 heavy (non-hydrogen) atoms. The predicted molar refractivity (Wildman–Crippen MR) is 123 cm³/mol. The Morgan fingerprint density at radius 1 is 1.22 bits per heavy atom. The van der Waals surface area contributed by atoms with Crippen LogP contribution < -0.4 is 10.2 Å². The highest BCUT2D eigenvalue weighted by atomic mass is 19.4. The van der Waals surface area contributed by atoms with Crippen molar-refractivity contribution in [1.82, 2.24) is 20.1 Å². The Balaban J connectivity index is 1.51. The molecule has 1 aromatic heterocycles. The Labute approximate surface area is 205 Å². The van der Waals surface area contributed by atoms with Gasteiger partial charge in [0, 0.05) is 24.8 Å². The van der Waals surface area contributed by atoms with Gasteiger partial charge in [-0.3, -0.25) is 4.79 Å². The van der Waals surface area contributed by atoms with Gasteiger partial charge in [0.1, 0.15) is 6.33 Å². The van der Waals surface area contributed by atoms with Crippen molar-refractivity contribution in [3.05, 3.63) is 76.4 Å². The van der Waals surface area contributed by atoms with Gasteiger partial charge in [-0.1, -0.05) is 19.1 Å². The third-order valence-corrected chi connectivity index (χ3v) is 6.90. The molecule has 1 saturated heterocycles. The van der Waals surface area contributed by atoms with Crippen molar-refractivity contribution in [2.45, 2.75) is 37.8 Å². The Bertz CT molecular complexity index is 1300. The molecule has 1 atom stereocenters. The van der Waals surface area contributed by atoms with Gasteiger partial charge < -0.3 is 19.5 Å². The minimum atomic E-state index is -4.60. The number of halogens is 4. The van der Waals surface area contributed by atoms with Crippen molar-refractivity contribution < 1.29 is 27.1 Å². The van der Waals surface area contributed by atoms with E-state index in [1.807, 2.05) is 6.92 Å². The number of anilines is 1. The molecule has 0 aliphatic carbocycles. The van der Waals surface area contributed by atoms with Crippen molar-refractivity contribution in [2.24, 2.45) is 7.05 Å². The minimum Gasteiger partial charge on any atom is -0.379 e. The van der Waals surface area contributed by atoms with Gasteiger partial charge in [0.05, 0.1) is 30.7 Å². The lowest BCUT2D eigenvalue weighted by molar-refractivity contribution is -0.138. The highest BCUT2D eigenvalue weighted by molar-refractivity contribution is 6.10. The number of ether oxygens (including phenoxy) is 1. The molecule has 2 aromatic carbocycles. The quantitative estimate of drug-likeness (QED) is 0.492. The maximum atomic E-state index is 15.7. The van der Waals surface area contributed by atoms with E-state index in [0.29, 0.717) is 23.4 Å². The Morgan fingerprint density at radius 2 is 2.00 bits per heavy atom. The highest BCUT2D eigenvalue weighted by Gasteiger charge is 2.51. The van der Waals surface area contributed by atoms with Crippen molar-refractivity contribution in [3.8, 4) is 0 Å². The number of nitrogens with zero attached hydrogens (tertiary/aromatic N) is 4. The van der Waals surface area contributed by atoms with Crippen LogP contribution in [0.1, 0.15) is 51.5 Å². The van der Waals surface area contributed by atoms with Gasteiger partial charge in [0.2, 0.25) is 0 Å². The number of rotatable bonds is 7. The third kappa shape index (κ3) is 3.96. The van der Waals surface area contributed by atoms with Crippen LogP contribution in [0.2, 0.25) is 0 Å². The van der Waals surface area contributed by atoms with Gasteiger partial charge in [-0.25, -0.2) is 4.39 Å². The Morgan fingerprint density at radius 3 is 2.61 bits per heavy atom. The molecule has 2 aliphatic heterocycles. The first kappa shape index (κ1) is 24.4. The first-order valence-electron chi connectivity index (χ1n) is 11.6. The zero-order valence-electron chi connectivity index (χ0n) is 19.8. The van der Waals surface area contributed by atoms with Crippen molar-refractivity contribution in [2.75, 3.05) is 24.7 Å². The normalized spacial score (nSPS) is 17.7. The van der Waals surface area contributed by atoms with Crippen LogP contribution in [0.15, 0.2) is 42.7 Å². The molecule has 0 saturated carbocycles. The minimum absolute atomic E-state index is 0.0345. The van der Waals surface area contributed by atoms with Gasteiger partial charge in [-0.15, -0.1) is 10.2 Å². The Hall–Kier alpha value is -3.31. The van der Waals surface area contributed by atoms with E-state index in [1.54, 1.807) is 31.3 Å². The smallest absolute Gasteiger partial charge is 0.379 e. The number of aromatic nitrogens is 3. The van der Waals surface area contributed by atoms with E-state index in [4.69, 9.17) is 4.74 Å². The molecular weight excluding hydrogens is 478 g/mol. The first-order valence-corrected chi connectivity index (χ1v) is 11.6. The number of fused-ring (bicyclic) bond motifs is 1. The van der Waals surface area contributed by atoms with Crippen LogP contribution >= 0.6 is 0 Å². The molecular formula is C25H25F4N5O2. The van der Waals surface area contributed by atoms with Crippen molar-refractivity contribution in [1.29, 1.82) is 0 Å². The second-order valence-electron chi connectivity index (χ2n) is 9.20. The molecule has 2 aliphatic rings. The summed E-state index contributed by atoms with van der Waals surface area (Å²) in [5, 5.41) is 10.7. The average molecular weight is 504 g/mol. The number of carbonyl (C=O) groups excluding carboxylic acids is 1. The topological polar surface area (TPSA) is 72.3 Å². The summed E-state index contributed by atoms with van der Waals surface area (Å²) in [6.07, 6.45) is -4.71. The SMILES string of the molecule is CCNCc1cc2c(c(C(F)(F)F)c1)CN(c1cccc(C3([C@@H](F)c4nncn4C)COC3)c1)C2=O. The van der Waals surface area contributed by atoms with E-state index >= 15 is 4.39 Å².